The molecule has 8 heteroatoms. The summed E-state index contributed by atoms with van der Waals surface area (Å²) in [4.78, 5) is 32.9. The first-order valence-electron chi connectivity index (χ1n) is 11.4. The normalized spacial score (nSPS) is 23.0. The van der Waals surface area contributed by atoms with Gasteiger partial charge in [-0.3, -0.25) is 9.59 Å². The van der Waals surface area contributed by atoms with Crippen LogP contribution in [0.25, 0.3) is 0 Å². The predicted molar refractivity (Wildman–Crippen MR) is 120 cm³/mol. The van der Waals surface area contributed by atoms with Gasteiger partial charge in [-0.2, -0.15) is 0 Å². The van der Waals surface area contributed by atoms with E-state index in [9.17, 15) is 14.7 Å². The molecule has 3 aliphatic heterocycles. The van der Waals surface area contributed by atoms with Crippen molar-refractivity contribution < 1.29 is 19.4 Å². The molecular formula is C24H28N4O4. The van der Waals surface area contributed by atoms with E-state index >= 15 is 0 Å². The van der Waals surface area contributed by atoms with E-state index in [2.05, 4.69) is 10.3 Å². The van der Waals surface area contributed by atoms with Crippen molar-refractivity contribution in [3.05, 3.63) is 47.7 Å². The van der Waals surface area contributed by atoms with Gasteiger partial charge in [0.15, 0.2) is 0 Å². The van der Waals surface area contributed by atoms with Crippen LogP contribution in [0.3, 0.4) is 0 Å². The van der Waals surface area contributed by atoms with Crippen LogP contribution in [0.2, 0.25) is 0 Å². The lowest BCUT2D eigenvalue weighted by Gasteiger charge is -2.37. The monoisotopic (exact) mass is 436 g/mol. The summed E-state index contributed by atoms with van der Waals surface area (Å²) in [6.45, 7) is 2.56. The maximum atomic E-state index is 13.0. The molecule has 1 aromatic heterocycles. The number of β-amino-alcohol motifs (C(OH)–C–C–N with tert-alkyl or cyclic N) is 1. The average molecular weight is 437 g/mol. The largest absolute Gasteiger partial charge is 0.488 e. The molecule has 2 fully saturated rings. The zero-order chi connectivity index (χ0) is 22.1. The molecule has 2 atom stereocenters. The van der Waals surface area contributed by atoms with Gasteiger partial charge in [0, 0.05) is 50.9 Å². The van der Waals surface area contributed by atoms with Crippen molar-refractivity contribution in [2.24, 2.45) is 0 Å². The topological polar surface area (TPSA) is 95.0 Å². The van der Waals surface area contributed by atoms with E-state index in [0.29, 0.717) is 49.5 Å². The van der Waals surface area contributed by atoms with E-state index in [1.54, 1.807) is 12.3 Å². The summed E-state index contributed by atoms with van der Waals surface area (Å²) in [7, 11) is 0. The number of nitrogens with one attached hydrogen (secondary N) is 1. The van der Waals surface area contributed by atoms with E-state index < -0.39 is 6.10 Å². The van der Waals surface area contributed by atoms with Gasteiger partial charge < -0.3 is 25.0 Å². The highest BCUT2D eigenvalue weighted by atomic mass is 16.5. The maximum absolute atomic E-state index is 13.0. The van der Waals surface area contributed by atoms with Crippen molar-refractivity contribution in [3.8, 4) is 5.75 Å². The minimum Gasteiger partial charge on any atom is -0.488 e. The van der Waals surface area contributed by atoms with Gasteiger partial charge in [0.05, 0.1) is 5.56 Å². The molecule has 2 saturated heterocycles. The van der Waals surface area contributed by atoms with E-state index in [-0.39, 0.29) is 17.9 Å². The highest BCUT2D eigenvalue weighted by Gasteiger charge is 2.33. The van der Waals surface area contributed by atoms with E-state index in [0.717, 1.165) is 37.2 Å². The van der Waals surface area contributed by atoms with Crippen molar-refractivity contribution in [3.63, 3.8) is 0 Å². The van der Waals surface area contributed by atoms with Crippen LogP contribution in [0, 0.1) is 0 Å². The number of aliphatic hydroxyl groups is 1. The van der Waals surface area contributed by atoms with E-state index in [4.69, 9.17) is 4.74 Å². The summed E-state index contributed by atoms with van der Waals surface area (Å²) in [5.74, 6) is 1.37. The first kappa shape index (κ1) is 20.8. The zero-order valence-electron chi connectivity index (χ0n) is 18.0. The Morgan fingerprint density at radius 3 is 2.81 bits per heavy atom. The zero-order valence-corrected chi connectivity index (χ0v) is 18.0. The quantitative estimate of drug-likeness (QED) is 0.763. The number of carbonyl (C=O) groups excluding carboxylic acids is 2. The van der Waals surface area contributed by atoms with Crippen LogP contribution in [0.4, 0.5) is 11.5 Å². The molecule has 2 amide bonds. The molecule has 0 unspecified atom stereocenters. The van der Waals surface area contributed by atoms with Gasteiger partial charge in [0.1, 0.15) is 23.8 Å². The number of amides is 2. The molecule has 32 heavy (non-hydrogen) atoms. The molecule has 3 aliphatic rings. The third-order valence-electron chi connectivity index (χ3n) is 6.49. The number of pyridine rings is 1. The highest BCUT2D eigenvalue weighted by molar-refractivity contribution is 5.99. The number of hydrogen-bond donors (Lipinski definition) is 2. The maximum Gasteiger partial charge on any atom is 0.257 e. The fourth-order valence-electron chi connectivity index (χ4n) is 4.75. The number of ether oxygens (including phenoxy) is 1. The number of aliphatic hydroxyl groups excluding tert-OH is 1. The van der Waals surface area contributed by atoms with Crippen LogP contribution in [-0.4, -0.2) is 65.2 Å². The molecule has 0 spiro atoms. The van der Waals surface area contributed by atoms with Crippen molar-refractivity contribution in [1.82, 2.24) is 9.88 Å². The Balaban J connectivity index is 1.26. The number of anilines is 2. The van der Waals surface area contributed by atoms with Crippen LogP contribution >= 0.6 is 0 Å². The number of aromatic nitrogens is 1. The smallest absolute Gasteiger partial charge is 0.257 e. The Labute approximate surface area is 187 Å². The van der Waals surface area contributed by atoms with Crippen LogP contribution in [0.1, 0.15) is 41.6 Å². The van der Waals surface area contributed by atoms with Gasteiger partial charge in [-0.15, -0.1) is 0 Å². The van der Waals surface area contributed by atoms with Gasteiger partial charge in [-0.05, 0) is 55.2 Å². The van der Waals surface area contributed by atoms with E-state index in [1.807, 2.05) is 34.1 Å². The minimum atomic E-state index is -0.712. The molecule has 0 radical (unpaired) electrons. The number of rotatable bonds is 4. The number of hydrogen-bond acceptors (Lipinski definition) is 6. The van der Waals surface area contributed by atoms with E-state index in [1.165, 1.54) is 0 Å². The number of aryl methyl sites for hydroxylation is 1. The van der Waals surface area contributed by atoms with Crippen molar-refractivity contribution in [1.29, 1.82) is 0 Å². The second kappa shape index (κ2) is 8.78. The van der Waals surface area contributed by atoms with Crippen molar-refractivity contribution in [2.45, 2.75) is 44.3 Å². The lowest BCUT2D eigenvalue weighted by molar-refractivity contribution is -0.116. The van der Waals surface area contributed by atoms with Crippen LogP contribution < -0.4 is 15.0 Å². The fraction of sp³-hybridized carbons (Fsp3) is 0.458. The average Bonchev–Trinajstić information content (AvgIpc) is 3.35. The Morgan fingerprint density at radius 1 is 1.16 bits per heavy atom. The molecule has 5 rings (SSSR count). The molecule has 0 bridgehead atoms. The van der Waals surface area contributed by atoms with Crippen LogP contribution in [0.15, 0.2) is 36.5 Å². The number of carbonyl (C=O) groups is 2. The first-order chi connectivity index (χ1) is 15.6. The first-order valence-corrected chi connectivity index (χ1v) is 11.4. The minimum absolute atomic E-state index is 0.0135. The lowest BCUT2D eigenvalue weighted by Crippen LogP contribution is -2.50. The van der Waals surface area contributed by atoms with Crippen LogP contribution in [-0.2, 0) is 11.2 Å². The molecular weight excluding hydrogens is 408 g/mol. The summed E-state index contributed by atoms with van der Waals surface area (Å²) >= 11 is 0. The highest BCUT2D eigenvalue weighted by Crippen LogP contribution is 2.30. The third kappa shape index (κ3) is 4.14. The Kier molecular flexibility index (Phi) is 5.70. The number of fused-ring (bicyclic) bond motifs is 1. The second-order valence-corrected chi connectivity index (χ2v) is 8.70. The Hall–Kier alpha value is -3.13. The van der Waals surface area contributed by atoms with Crippen molar-refractivity contribution in [2.75, 3.05) is 36.4 Å². The molecule has 0 aliphatic carbocycles. The molecule has 1 aromatic carbocycles. The Morgan fingerprint density at radius 2 is 2.00 bits per heavy atom. The molecule has 0 saturated carbocycles. The molecule has 4 heterocycles. The van der Waals surface area contributed by atoms with Gasteiger partial charge in [-0.1, -0.05) is 0 Å². The Bertz CT molecular complexity index is 1020. The third-order valence-corrected chi connectivity index (χ3v) is 6.49. The van der Waals surface area contributed by atoms with Gasteiger partial charge in [-0.25, -0.2) is 4.98 Å². The summed E-state index contributed by atoms with van der Waals surface area (Å²) in [6, 6.07) is 9.24. The van der Waals surface area contributed by atoms with Crippen LogP contribution in [0.5, 0.6) is 5.75 Å². The number of piperidine rings is 1. The number of nitrogens with zero attached hydrogens (tertiary/aromatic N) is 3. The van der Waals surface area contributed by atoms with Crippen molar-refractivity contribution >= 4 is 23.3 Å². The predicted octanol–water partition coefficient (Wildman–Crippen LogP) is 2.22. The number of benzene rings is 1. The summed E-state index contributed by atoms with van der Waals surface area (Å²) in [5, 5.41) is 13.7. The van der Waals surface area contributed by atoms with Gasteiger partial charge in [0.25, 0.3) is 5.91 Å². The molecule has 2 N–H and O–H groups in total. The lowest BCUT2D eigenvalue weighted by atomic mass is 10.0. The standard InChI is InChI=1S/C24H28N4O4/c29-20-15-28(23-18(4-3-10-25-23)24(31)27-11-1-2-12-27)13-9-21(20)32-17-6-7-19-16(14-17)5-8-22(30)26-19/h3-4,6-7,10,14,20-21,29H,1-2,5,8-9,11-13,15H2,(H,26,30)/t20-,21-/m1/s1. The summed E-state index contributed by atoms with van der Waals surface area (Å²) in [6.07, 6.45) is 4.49. The fourth-order valence-corrected chi connectivity index (χ4v) is 4.75. The molecule has 2 aromatic rings. The van der Waals surface area contributed by atoms with Gasteiger partial charge in [0.2, 0.25) is 5.91 Å². The number of likely N-dealkylation sites (tertiary alicyclic amines) is 1. The summed E-state index contributed by atoms with van der Waals surface area (Å²) < 4.78 is 6.12. The van der Waals surface area contributed by atoms with Gasteiger partial charge >= 0.3 is 0 Å². The molecule has 168 valence electrons. The summed E-state index contributed by atoms with van der Waals surface area (Å²) in [5.41, 5.74) is 2.47. The second-order valence-electron chi connectivity index (χ2n) is 8.70. The molecule has 8 nitrogen and oxygen atoms in total. The SMILES string of the molecule is O=C1CCc2cc(O[C@@H]3CCN(c4ncccc4C(=O)N4CCCC4)C[C@H]3O)ccc2N1.